The van der Waals surface area contributed by atoms with Crippen LogP contribution in [0.25, 0.3) is 11.0 Å². The Morgan fingerprint density at radius 3 is 2.68 bits per heavy atom. The van der Waals surface area contributed by atoms with Gasteiger partial charge in [0.2, 0.25) is 11.8 Å². The van der Waals surface area contributed by atoms with Gasteiger partial charge in [0, 0.05) is 38.2 Å². The van der Waals surface area contributed by atoms with E-state index in [1.807, 2.05) is 72.0 Å². The lowest BCUT2D eigenvalue weighted by Gasteiger charge is -2.20. The van der Waals surface area contributed by atoms with Gasteiger partial charge < -0.3 is 14.4 Å². The van der Waals surface area contributed by atoms with Crippen molar-refractivity contribution in [2.75, 3.05) is 25.0 Å². The predicted octanol–water partition coefficient (Wildman–Crippen LogP) is 4.12. The van der Waals surface area contributed by atoms with E-state index in [2.05, 4.69) is 6.92 Å². The van der Waals surface area contributed by atoms with E-state index < -0.39 is 0 Å². The molecular weight excluding hydrogens is 388 g/mol. The van der Waals surface area contributed by atoms with Gasteiger partial charge in [0.25, 0.3) is 0 Å². The minimum atomic E-state index is -0.0479. The molecule has 0 N–H and O–H groups in total. The van der Waals surface area contributed by atoms with Crippen molar-refractivity contribution in [1.82, 2.24) is 14.5 Å². The Labute approximate surface area is 183 Å². The van der Waals surface area contributed by atoms with Gasteiger partial charge in [-0.05, 0) is 37.1 Å². The van der Waals surface area contributed by atoms with E-state index in [1.165, 1.54) is 0 Å². The minimum absolute atomic E-state index is 0.0479. The van der Waals surface area contributed by atoms with E-state index in [4.69, 9.17) is 4.98 Å². The van der Waals surface area contributed by atoms with Crippen LogP contribution < -0.4 is 4.90 Å². The first-order valence-electron chi connectivity index (χ1n) is 11.0. The van der Waals surface area contributed by atoms with Gasteiger partial charge in [0.1, 0.15) is 12.4 Å². The summed E-state index contributed by atoms with van der Waals surface area (Å²) in [5.74, 6) is 0.943. The summed E-state index contributed by atoms with van der Waals surface area (Å²) in [6.45, 7) is 5.71. The molecule has 3 aromatic rings. The number of likely N-dealkylation sites (N-methyl/N-ethyl adjacent to an activating group) is 1. The Morgan fingerprint density at radius 1 is 1.16 bits per heavy atom. The van der Waals surface area contributed by atoms with Gasteiger partial charge in [0.05, 0.1) is 11.0 Å². The molecule has 4 rings (SSSR count). The number of carbonyl (C=O) groups is 2. The molecule has 2 amide bonds. The molecule has 0 aliphatic carbocycles. The quantitative estimate of drug-likeness (QED) is 0.580. The van der Waals surface area contributed by atoms with Crippen molar-refractivity contribution in [1.29, 1.82) is 0 Å². The van der Waals surface area contributed by atoms with Crippen LogP contribution in [-0.2, 0) is 16.1 Å². The Kier molecular flexibility index (Phi) is 6.07. The lowest BCUT2D eigenvalue weighted by atomic mass is 10.1. The third-order valence-electron chi connectivity index (χ3n) is 6.15. The normalized spacial score (nSPS) is 16.3. The number of hydrogen-bond acceptors (Lipinski definition) is 3. The van der Waals surface area contributed by atoms with Crippen molar-refractivity contribution in [3.8, 4) is 0 Å². The maximum atomic E-state index is 12.9. The molecule has 31 heavy (non-hydrogen) atoms. The molecule has 1 fully saturated rings. The third-order valence-corrected chi connectivity index (χ3v) is 6.15. The lowest BCUT2D eigenvalue weighted by Crippen LogP contribution is -2.32. The van der Waals surface area contributed by atoms with E-state index in [0.717, 1.165) is 47.5 Å². The largest absolute Gasteiger partial charge is 0.344 e. The second-order valence-corrected chi connectivity index (χ2v) is 8.41. The van der Waals surface area contributed by atoms with Crippen molar-refractivity contribution in [2.45, 2.75) is 45.6 Å². The molecule has 1 aromatic heterocycles. The zero-order chi connectivity index (χ0) is 22.0. The zero-order valence-electron chi connectivity index (χ0n) is 18.5. The van der Waals surface area contributed by atoms with Crippen molar-refractivity contribution in [3.05, 3.63) is 59.9 Å². The summed E-state index contributed by atoms with van der Waals surface area (Å²) in [5, 5.41) is 0. The number of benzene rings is 2. The number of unbranched alkanes of at least 4 members (excludes halogenated alkanes) is 1. The molecule has 0 saturated carbocycles. The number of aryl methyl sites for hydroxylation is 1. The molecule has 6 heteroatoms. The molecule has 1 unspecified atom stereocenters. The number of aromatic nitrogens is 2. The molecule has 0 bridgehead atoms. The Bertz CT molecular complexity index is 1100. The predicted molar refractivity (Wildman–Crippen MR) is 123 cm³/mol. The fraction of sp³-hybridized carbons (Fsp3) is 0.400. The fourth-order valence-electron chi connectivity index (χ4n) is 4.33. The molecule has 1 aliphatic heterocycles. The summed E-state index contributed by atoms with van der Waals surface area (Å²) in [4.78, 5) is 34.3. The number of nitrogens with zero attached hydrogens (tertiary/aromatic N) is 4. The average molecular weight is 419 g/mol. The molecule has 0 radical (unpaired) electrons. The van der Waals surface area contributed by atoms with Gasteiger partial charge in [-0.25, -0.2) is 4.98 Å². The zero-order valence-corrected chi connectivity index (χ0v) is 18.5. The lowest BCUT2D eigenvalue weighted by molar-refractivity contribution is -0.130. The van der Waals surface area contributed by atoms with Gasteiger partial charge in [-0.15, -0.1) is 0 Å². The monoisotopic (exact) mass is 418 g/mol. The van der Waals surface area contributed by atoms with Gasteiger partial charge in [-0.3, -0.25) is 9.59 Å². The summed E-state index contributed by atoms with van der Waals surface area (Å²) in [7, 11) is 1.86. The van der Waals surface area contributed by atoms with Crippen LogP contribution >= 0.6 is 0 Å². The first-order chi connectivity index (χ1) is 15.0. The van der Waals surface area contributed by atoms with Crippen molar-refractivity contribution in [2.24, 2.45) is 0 Å². The maximum Gasteiger partial charge on any atom is 0.242 e. The summed E-state index contributed by atoms with van der Waals surface area (Å²) < 4.78 is 2.01. The van der Waals surface area contributed by atoms with Crippen LogP contribution in [0.1, 0.15) is 43.5 Å². The molecule has 2 aromatic carbocycles. The highest BCUT2D eigenvalue weighted by molar-refractivity contribution is 5.97. The average Bonchev–Trinajstić information content (AvgIpc) is 3.33. The second-order valence-electron chi connectivity index (χ2n) is 8.41. The van der Waals surface area contributed by atoms with E-state index in [1.54, 1.807) is 4.90 Å². The summed E-state index contributed by atoms with van der Waals surface area (Å²) in [6.07, 6.45) is 2.44. The van der Waals surface area contributed by atoms with E-state index >= 15 is 0 Å². The van der Waals surface area contributed by atoms with Gasteiger partial charge in [-0.2, -0.15) is 0 Å². The van der Waals surface area contributed by atoms with Crippen LogP contribution in [-0.4, -0.2) is 46.4 Å². The summed E-state index contributed by atoms with van der Waals surface area (Å²) in [5.41, 5.74) is 3.84. The smallest absolute Gasteiger partial charge is 0.242 e. The summed E-state index contributed by atoms with van der Waals surface area (Å²) in [6, 6.07) is 15.9. The third kappa shape index (κ3) is 4.20. The highest BCUT2D eigenvalue weighted by atomic mass is 16.2. The molecule has 0 spiro atoms. The van der Waals surface area contributed by atoms with E-state index in [0.29, 0.717) is 13.0 Å². The molecule has 2 heterocycles. The Morgan fingerprint density at radius 2 is 1.90 bits per heavy atom. The fourth-order valence-corrected chi connectivity index (χ4v) is 4.33. The molecule has 6 nitrogen and oxygen atoms in total. The minimum Gasteiger partial charge on any atom is -0.344 e. The van der Waals surface area contributed by atoms with Crippen LogP contribution in [0.15, 0.2) is 48.5 Å². The first kappa shape index (κ1) is 21.1. The van der Waals surface area contributed by atoms with Crippen LogP contribution in [0.2, 0.25) is 0 Å². The molecule has 162 valence electrons. The van der Waals surface area contributed by atoms with Crippen molar-refractivity contribution >= 4 is 28.5 Å². The van der Waals surface area contributed by atoms with Crippen LogP contribution in [0.3, 0.4) is 0 Å². The Hall–Kier alpha value is -3.15. The topological polar surface area (TPSA) is 58.4 Å². The number of carbonyl (C=O) groups excluding carboxylic acids is 2. The SMILES string of the molecule is CCCCN(C)C(=O)Cn1c(C2CC(=O)N(c3ccccc3C)C2)nc2ccccc21. The molecule has 1 saturated heterocycles. The van der Waals surface area contributed by atoms with Crippen LogP contribution in [0.4, 0.5) is 5.69 Å². The number of anilines is 1. The highest BCUT2D eigenvalue weighted by Gasteiger charge is 2.35. The first-order valence-corrected chi connectivity index (χ1v) is 11.0. The Balaban J connectivity index is 1.65. The number of amides is 2. The molecular formula is C25H30N4O2. The van der Waals surface area contributed by atoms with Crippen molar-refractivity contribution < 1.29 is 9.59 Å². The van der Waals surface area contributed by atoms with Gasteiger partial charge >= 0.3 is 0 Å². The van der Waals surface area contributed by atoms with Gasteiger partial charge in [-0.1, -0.05) is 43.7 Å². The van der Waals surface area contributed by atoms with Crippen LogP contribution in [0, 0.1) is 6.92 Å². The number of fused-ring (bicyclic) bond motifs is 1. The standard InChI is InChI=1S/C25H30N4O2/c1-4-5-14-27(3)24(31)17-29-22-13-9-7-11-20(22)26-25(29)19-15-23(30)28(16-19)21-12-8-6-10-18(21)2/h6-13,19H,4-5,14-17H2,1-3H3. The van der Waals surface area contributed by atoms with E-state index in [-0.39, 0.29) is 24.3 Å². The van der Waals surface area contributed by atoms with Crippen molar-refractivity contribution in [3.63, 3.8) is 0 Å². The van der Waals surface area contributed by atoms with Gasteiger partial charge in [0.15, 0.2) is 0 Å². The highest BCUT2D eigenvalue weighted by Crippen LogP contribution is 2.34. The molecule has 1 atom stereocenters. The van der Waals surface area contributed by atoms with E-state index in [9.17, 15) is 9.59 Å². The molecule has 1 aliphatic rings. The number of rotatable bonds is 7. The number of para-hydroxylation sites is 3. The number of imidazole rings is 1. The number of hydrogen-bond donors (Lipinski definition) is 0. The van der Waals surface area contributed by atoms with Crippen LogP contribution in [0.5, 0.6) is 0 Å². The maximum absolute atomic E-state index is 12.9. The second kappa shape index (κ2) is 8.92. The summed E-state index contributed by atoms with van der Waals surface area (Å²) >= 11 is 0.